The number of carbonyl (C=O) groups is 3. The summed E-state index contributed by atoms with van der Waals surface area (Å²) in [6.45, 7) is 0.390. The molecule has 2 aliphatic rings. The first kappa shape index (κ1) is 16.5. The Morgan fingerprint density at radius 1 is 1.12 bits per heavy atom. The van der Waals surface area contributed by atoms with E-state index in [0.29, 0.717) is 30.7 Å². The zero-order chi connectivity index (χ0) is 17.3. The third-order valence-corrected chi connectivity index (χ3v) is 4.71. The Bertz CT molecular complexity index is 647. The molecule has 1 amide bonds. The lowest BCUT2D eigenvalue weighted by Gasteiger charge is -2.38. The minimum atomic E-state index is -0.967. The van der Waals surface area contributed by atoms with Gasteiger partial charge in [-0.2, -0.15) is 0 Å². The molecule has 1 aliphatic heterocycles. The molecule has 3 rings (SSSR count). The maximum Gasteiger partial charge on any atom is 0.329 e. The number of piperidine rings is 1. The SMILES string of the molecule is COC(=O)[C@H]1CCCN(C(=O)c2ccoc2C2CC2)[C@@H]1C(=O)OC. The van der Waals surface area contributed by atoms with Gasteiger partial charge in [-0.25, -0.2) is 4.79 Å². The highest BCUT2D eigenvalue weighted by molar-refractivity contribution is 5.99. The van der Waals surface area contributed by atoms with Crippen LogP contribution in [0.4, 0.5) is 0 Å². The zero-order valence-corrected chi connectivity index (χ0v) is 13.8. The van der Waals surface area contributed by atoms with E-state index in [2.05, 4.69) is 0 Å². The molecular weight excluding hydrogens is 314 g/mol. The largest absolute Gasteiger partial charge is 0.469 e. The molecule has 1 aliphatic carbocycles. The van der Waals surface area contributed by atoms with Gasteiger partial charge in [0.15, 0.2) is 0 Å². The van der Waals surface area contributed by atoms with E-state index in [1.54, 1.807) is 6.07 Å². The normalized spacial score (nSPS) is 23.7. The summed E-state index contributed by atoms with van der Waals surface area (Å²) in [5.41, 5.74) is 0.469. The number of carbonyl (C=O) groups excluding carboxylic acids is 3. The van der Waals surface area contributed by atoms with Crippen LogP contribution in [0.15, 0.2) is 16.7 Å². The molecule has 0 radical (unpaired) electrons. The van der Waals surface area contributed by atoms with Crippen molar-refractivity contribution in [1.82, 2.24) is 4.90 Å². The van der Waals surface area contributed by atoms with Crippen LogP contribution in [0.2, 0.25) is 0 Å². The highest BCUT2D eigenvalue weighted by Gasteiger charge is 2.45. The summed E-state index contributed by atoms with van der Waals surface area (Å²) in [5, 5.41) is 0. The molecule has 0 spiro atoms. The van der Waals surface area contributed by atoms with Crippen molar-refractivity contribution in [1.29, 1.82) is 0 Å². The van der Waals surface area contributed by atoms with Gasteiger partial charge in [0.2, 0.25) is 0 Å². The van der Waals surface area contributed by atoms with E-state index < -0.39 is 23.9 Å². The van der Waals surface area contributed by atoms with Gasteiger partial charge in [-0.15, -0.1) is 0 Å². The lowest BCUT2D eigenvalue weighted by Crippen LogP contribution is -2.55. The monoisotopic (exact) mass is 335 g/mol. The van der Waals surface area contributed by atoms with Crippen LogP contribution in [-0.4, -0.2) is 49.6 Å². The fraction of sp³-hybridized carbons (Fsp3) is 0.588. The van der Waals surface area contributed by atoms with Crippen molar-refractivity contribution in [3.63, 3.8) is 0 Å². The van der Waals surface area contributed by atoms with E-state index in [0.717, 1.165) is 12.8 Å². The summed E-state index contributed by atoms with van der Waals surface area (Å²) in [5.74, 6) is -1.17. The fourth-order valence-electron chi connectivity index (χ4n) is 3.35. The molecule has 0 unspecified atom stereocenters. The van der Waals surface area contributed by atoms with Crippen LogP contribution >= 0.6 is 0 Å². The summed E-state index contributed by atoms with van der Waals surface area (Å²) >= 11 is 0. The first-order chi connectivity index (χ1) is 11.6. The number of furan rings is 1. The molecule has 0 bridgehead atoms. The Balaban J connectivity index is 1.90. The molecule has 130 valence electrons. The Morgan fingerprint density at radius 2 is 1.83 bits per heavy atom. The first-order valence-corrected chi connectivity index (χ1v) is 8.12. The lowest BCUT2D eigenvalue weighted by atomic mass is 9.88. The van der Waals surface area contributed by atoms with E-state index >= 15 is 0 Å². The maximum atomic E-state index is 13.0. The number of hydrogen-bond acceptors (Lipinski definition) is 6. The fourth-order valence-corrected chi connectivity index (χ4v) is 3.35. The average Bonchev–Trinajstić information content (AvgIpc) is 3.35. The zero-order valence-electron chi connectivity index (χ0n) is 13.8. The van der Waals surface area contributed by atoms with Gasteiger partial charge in [0.1, 0.15) is 11.8 Å². The highest BCUT2D eigenvalue weighted by atomic mass is 16.5. The predicted octanol–water partition coefficient (Wildman–Crippen LogP) is 1.72. The number of rotatable bonds is 4. The van der Waals surface area contributed by atoms with E-state index in [4.69, 9.17) is 13.9 Å². The minimum absolute atomic E-state index is 0.275. The van der Waals surface area contributed by atoms with Gasteiger partial charge in [-0.05, 0) is 31.7 Å². The molecule has 7 nitrogen and oxygen atoms in total. The number of methoxy groups -OCH3 is 2. The summed E-state index contributed by atoms with van der Waals surface area (Å²) in [7, 11) is 2.53. The maximum absolute atomic E-state index is 13.0. The summed E-state index contributed by atoms with van der Waals surface area (Å²) in [4.78, 5) is 38.7. The van der Waals surface area contributed by atoms with Crippen LogP contribution in [0.5, 0.6) is 0 Å². The Morgan fingerprint density at radius 3 is 2.46 bits per heavy atom. The van der Waals surface area contributed by atoms with Crippen molar-refractivity contribution in [3.05, 3.63) is 23.7 Å². The summed E-state index contributed by atoms with van der Waals surface area (Å²) in [6.07, 6.45) is 4.60. The molecule has 0 N–H and O–H groups in total. The standard InChI is InChI=1S/C17H21NO6/c1-22-16(20)11-4-3-8-18(13(11)17(21)23-2)15(19)12-7-9-24-14(12)10-5-6-10/h7,9-11,13H,3-6,8H2,1-2H3/t11-,13-/m0/s1. The number of amides is 1. The Kier molecular flexibility index (Phi) is 4.59. The third kappa shape index (κ3) is 2.90. The molecule has 1 aromatic rings. The van der Waals surface area contributed by atoms with Crippen LogP contribution in [0.25, 0.3) is 0 Å². The summed E-state index contributed by atoms with van der Waals surface area (Å²) < 4.78 is 15.1. The van der Waals surface area contributed by atoms with E-state index in [-0.39, 0.29) is 11.8 Å². The molecule has 1 saturated heterocycles. The molecule has 7 heteroatoms. The number of nitrogens with zero attached hydrogens (tertiary/aromatic N) is 1. The lowest BCUT2D eigenvalue weighted by molar-refractivity contribution is -0.160. The highest BCUT2D eigenvalue weighted by Crippen LogP contribution is 2.42. The molecule has 2 atom stereocenters. The molecule has 1 aromatic heterocycles. The average molecular weight is 335 g/mol. The Hall–Kier alpha value is -2.31. The smallest absolute Gasteiger partial charge is 0.329 e. The Labute approximate surface area is 139 Å². The third-order valence-electron chi connectivity index (χ3n) is 4.71. The van der Waals surface area contributed by atoms with Gasteiger partial charge < -0.3 is 18.8 Å². The number of esters is 2. The second-order valence-electron chi connectivity index (χ2n) is 6.21. The first-order valence-electron chi connectivity index (χ1n) is 8.12. The summed E-state index contributed by atoms with van der Waals surface area (Å²) in [6, 6.07) is 0.664. The van der Waals surface area contributed by atoms with Gasteiger partial charge in [0, 0.05) is 12.5 Å². The van der Waals surface area contributed by atoms with Crippen LogP contribution in [0.3, 0.4) is 0 Å². The minimum Gasteiger partial charge on any atom is -0.469 e. The van der Waals surface area contributed by atoms with Crippen LogP contribution in [-0.2, 0) is 19.1 Å². The van der Waals surface area contributed by atoms with Gasteiger partial charge in [0.25, 0.3) is 5.91 Å². The van der Waals surface area contributed by atoms with E-state index in [1.807, 2.05) is 0 Å². The quantitative estimate of drug-likeness (QED) is 0.779. The molecule has 0 aromatic carbocycles. The second-order valence-corrected chi connectivity index (χ2v) is 6.21. The van der Waals surface area contributed by atoms with Crippen LogP contribution in [0, 0.1) is 5.92 Å². The van der Waals surface area contributed by atoms with Crippen molar-refractivity contribution < 1.29 is 28.3 Å². The van der Waals surface area contributed by atoms with Crippen molar-refractivity contribution >= 4 is 17.8 Å². The van der Waals surface area contributed by atoms with Crippen LogP contribution < -0.4 is 0 Å². The molecular formula is C17H21NO6. The topological polar surface area (TPSA) is 86.0 Å². The van der Waals surface area contributed by atoms with Gasteiger partial charge in [-0.3, -0.25) is 9.59 Å². The number of likely N-dealkylation sites (tertiary alicyclic amines) is 1. The van der Waals surface area contributed by atoms with Crippen molar-refractivity contribution in [2.45, 2.75) is 37.6 Å². The predicted molar refractivity (Wildman–Crippen MR) is 82.3 cm³/mol. The van der Waals surface area contributed by atoms with Gasteiger partial charge in [-0.1, -0.05) is 0 Å². The molecule has 2 heterocycles. The van der Waals surface area contributed by atoms with E-state index in [1.165, 1.54) is 25.4 Å². The number of ether oxygens (including phenoxy) is 2. The molecule has 2 fully saturated rings. The number of hydrogen-bond donors (Lipinski definition) is 0. The molecule has 1 saturated carbocycles. The van der Waals surface area contributed by atoms with Gasteiger partial charge >= 0.3 is 11.9 Å². The molecule has 24 heavy (non-hydrogen) atoms. The van der Waals surface area contributed by atoms with Crippen molar-refractivity contribution in [3.8, 4) is 0 Å². The van der Waals surface area contributed by atoms with E-state index in [9.17, 15) is 14.4 Å². The van der Waals surface area contributed by atoms with Crippen molar-refractivity contribution in [2.75, 3.05) is 20.8 Å². The van der Waals surface area contributed by atoms with Crippen molar-refractivity contribution in [2.24, 2.45) is 5.92 Å². The van der Waals surface area contributed by atoms with Gasteiger partial charge in [0.05, 0.1) is 32.0 Å². The second kappa shape index (κ2) is 6.67. The van der Waals surface area contributed by atoms with Crippen LogP contribution in [0.1, 0.15) is 47.7 Å².